The fraction of sp³-hybridized carbons (Fsp3) is 0.422. The van der Waals surface area contributed by atoms with Crippen LogP contribution in [0.4, 0.5) is 0 Å². The van der Waals surface area contributed by atoms with Gasteiger partial charge in [0.15, 0.2) is 5.78 Å². The Bertz CT molecular complexity index is 1960. The van der Waals surface area contributed by atoms with E-state index in [1.54, 1.807) is 4.40 Å². The van der Waals surface area contributed by atoms with Crippen molar-refractivity contribution in [2.45, 2.75) is 111 Å². The van der Waals surface area contributed by atoms with Crippen molar-refractivity contribution >= 4 is 55.6 Å². The molecule has 0 aliphatic rings. The minimum atomic E-state index is -1.88. The third-order valence-corrected chi connectivity index (χ3v) is 15.4. The number of hydrogen-bond acceptors (Lipinski definition) is 4. The fourth-order valence-corrected chi connectivity index (χ4v) is 10.9. The van der Waals surface area contributed by atoms with Crippen LogP contribution in [0.5, 0.6) is 0 Å². The summed E-state index contributed by atoms with van der Waals surface area (Å²) >= 11 is -0.0190. The van der Waals surface area contributed by atoms with E-state index >= 15 is 0 Å². The number of pyridine rings is 1. The molecule has 5 rings (SSSR count). The van der Waals surface area contributed by atoms with Crippen molar-refractivity contribution in [3.63, 3.8) is 0 Å². The zero-order valence-corrected chi connectivity index (χ0v) is 38.2. The predicted molar refractivity (Wildman–Crippen MR) is 222 cm³/mol. The van der Waals surface area contributed by atoms with Crippen LogP contribution < -0.4 is 4.40 Å². The van der Waals surface area contributed by atoms with Gasteiger partial charge in [0.1, 0.15) is 0 Å². The van der Waals surface area contributed by atoms with Crippen LogP contribution in [0.3, 0.4) is 0 Å². The molecule has 0 saturated heterocycles. The second kappa shape index (κ2) is 18.0. The largest absolute Gasteiger partial charge is 0 e. The Hall–Kier alpha value is -2.57. The molecule has 5 aromatic rings. The first-order valence-corrected chi connectivity index (χ1v) is 26.6. The average Bonchev–Trinajstić information content (AvgIpc) is 3.48. The standard InChI is InChI=1S/C32H34GeNS.C13H24O2.Ir/c1-20-15-25(33(6,7)8)16-21(2)29(20)28-19-23-13-14-34-30(31(23)35-28)24-17-22-11-9-10-12-26(22)27(18-24)32(3,4)5;1-5-10(6-2)12(14)9-13(15)11(7-3)8-4;/h9-16,18-19H,1-8H3;9-11,14H,5-8H2,1-4H3;/q-1;;/b;12-9-;. The Morgan fingerprint density at radius 2 is 1.49 bits per heavy atom. The number of carbonyl (C=O) groups excluding carboxylic acids is 1. The Labute approximate surface area is 328 Å². The molecular weight excluding hydrogens is 883 g/mol. The Kier molecular flexibility index (Phi) is 15.1. The van der Waals surface area contributed by atoms with Gasteiger partial charge in [0.05, 0.1) is 5.76 Å². The molecule has 2 aromatic heterocycles. The van der Waals surface area contributed by atoms with Gasteiger partial charge in [0.2, 0.25) is 0 Å². The quantitative estimate of drug-likeness (QED) is 0.0657. The van der Waals surface area contributed by atoms with E-state index in [1.165, 1.54) is 48.7 Å². The van der Waals surface area contributed by atoms with E-state index in [0.29, 0.717) is 0 Å². The molecule has 0 atom stereocenters. The molecule has 3 nitrogen and oxygen atoms in total. The summed E-state index contributed by atoms with van der Waals surface area (Å²) in [5.41, 5.74) is 7.63. The Morgan fingerprint density at radius 1 is 0.902 bits per heavy atom. The number of ketones is 1. The van der Waals surface area contributed by atoms with Crippen molar-refractivity contribution in [2.75, 3.05) is 0 Å². The molecule has 2 heterocycles. The molecule has 0 bridgehead atoms. The Balaban J connectivity index is 0.000000374. The third-order valence-electron chi connectivity index (χ3n) is 10.00. The van der Waals surface area contributed by atoms with Gasteiger partial charge in [-0.05, 0) is 25.7 Å². The molecule has 0 spiro atoms. The molecule has 0 aliphatic carbocycles. The first kappa shape index (κ1) is 42.8. The normalized spacial score (nSPS) is 12.3. The van der Waals surface area contributed by atoms with Gasteiger partial charge in [-0.2, -0.15) is 0 Å². The number of rotatable bonds is 10. The van der Waals surface area contributed by atoms with Crippen LogP contribution in [0.2, 0.25) is 17.3 Å². The number of benzene rings is 3. The van der Waals surface area contributed by atoms with Crippen molar-refractivity contribution < 1.29 is 30.0 Å². The summed E-state index contributed by atoms with van der Waals surface area (Å²) in [7, 11) is 0. The van der Waals surface area contributed by atoms with Crippen molar-refractivity contribution in [1.82, 2.24) is 4.98 Å². The van der Waals surface area contributed by atoms with E-state index in [1.807, 2.05) is 45.2 Å². The molecule has 0 amide bonds. The van der Waals surface area contributed by atoms with E-state index in [2.05, 4.69) is 113 Å². The molecule has 0 saturated carbocycles. The second-order valence-electron chi connectivity index (χ2n) is 15.8. The van der Waals surface area contributed by atoms with Crippen LogP contribution in [0.25, 0.3) is 42.6 Å². The van der Waals surface area contributed by atoms with E-state index in [-0.39, 0.29) is 48.9 Å². The van der Waals surface area contributed by atoms with Crippen molar-refractivity contribution in [3.8, 4) is 21.7 Å². The maximum atomic E-state index is 11.7. The van der Waals surface area contributed by atoms with Gasteiger partial charge in [-0.15, -0.1) is 0 Å². The predicted octanol–water partition coefficient (Wildman–Crippen LogP) is 12.9. The van der Waals surface area contributed by atoms with E-state index in [0.717, 1.165) is 42.3 Å². The number of nitrogens with zero attached hydrogens (tertiary/aromatic N) is 1. The van der Waals surface area contributed by atoms with Gasteiger partial charge in [-0.1, -0.05) is 66.7 Å². The smallest absolute Gasteiger partial charge is 0 e. The minimum absolute atomic E-state index is 0. The second-order valence-corrected chi connectivity index (χ2v) is 27.5. The molecule has 1 radical (unpaired) electrons. The van der Waals surface area contributed by atoms with E-state index in [9.17, 15) is 9.90 Å². The molecule has 51 heavy (non-hydrogen) atoms. The van der Waals surface area contributed by atoms with Gasteiger partial charge in [0.25, 0.3) is 0 Å². The maximum absolute atomic E-state index is 11.7. The number of hydrogen-bond donors (Lipinski definition) is 1. The zero-order chi connectivity index (χ0) is 37.0. The summed E-state index contributed by atoms with van der Waals surface area (Å²) < 4.78 is 2.82. The molecule has 0 unspecified atom stereocenters. The summed E-state index contributed by atoms with van der Waals surface area (Å²) in [6.07, 6.45) is 6.85. The monoisotopic (exact) mass is 943 g/mol. The molecule has 0 fully saturated rings. The van der Waals surface area contributed by atoms with Crippen LogP contribution in [-0.4, -0.2) is 29.1 Å². The van der Waals surface area contributed by atoms with Gasteiger partial charge in [0, 0.05) is 38.0 Å². The molecule has 0 aliphatic heterocycles. The minimum Gasteiger partial charge on any atom is 0 e. The topological polar surface area (TPSA) is 50.2 Å². The number of allylic oxidation sites excluding steroid dienone is 2. The molecule has 3 aromatic carbocycles. The number of aliphatic hydroxyl groups is 1. The molecule has 1 N–H and O–H groups in total. The van der Waals surface area contributed by atoms with Gasteiger partial charge in [-0.25, -0.2) is 0 Å². The molecule has 275 valence electrons. The van der Waals surface area contributed by atoms with Crippen molar-refractivity contribution in [3.05, 3.63) is 95.4 Å². The summed E-state index contributed by atoms with van der Waals surface area (Å²) in [4.78, 5) is 17.9. The summed E-state index contributed by atoms with van der Waals surface area (Å²) in [5, 5.41) is 13.4. The van der Waals surface area contributed by atoms with Crippen molar-refractivity contribution in [2.24, 2.45) is 11.8 Å². The van der Waals surface area contributed by atoms with Crippen LogP contribution in [0.15, 0.2) is 72.6 Å². The van der Waals surface area contributed by atoms with Gasteiger partial charge in [-0.3, -0.25) is 4.79 Å². The summed E-state index contributed by atoms with van der Waals surface area (Å²) in [5.74, 6) is 7.96. The summed E-state index contributed by atoms with van der Waals surface area (Å²) in [6, 6.07) is 24.0. The molecule has 6 heteroatoms. The van der Waals surface area contributed by atoms with Crippen LogP contribution >= 0.6 is 11.3 Å². The number of aliphatic hydroxyl groups excluding tert-OH is 1. The average molecular weight is 942 g/mol. The SMILES string of the molecule is CCC(CC)C(=O)/C=C(\O)C(CC)CC.Cc1c[c]([Ge]([CH3])([CH3])[CH3])cc(C)c1-c1cc2ccnc(-c3[c-]c4ccccc4c(C(C)(C)C)c3)c2s1.[Ir]. The zero-order valence-electron chi connectivity index (χ0n) is 32.9. The third kappa shape index (κ3) is 10.1. The number of aromatic nitrogens is 1. The summed E-state index contributed by atoms with van der Waals surface area (Å²) in [6.45, 7) is 19.5. The first-order chi connectivity index (χ1) is 23.5. The van der Waals surface area contributed by atoms with Gasteiger partial charge < -0.3 is 5.11 Å². The van der Waals surface area contributed by atoms with E-state index < -0.39 is 13.3 Å². The molecular formula is C45H58GeIrNO2S-. The fourth-order valence-electron chi connectivity index (χ4n) is 6.82. The number of carbonyl (C=O) groups is 1. The van der Waals surface area contributed by atoms with Crippen LogP contribution in [0, 0.1) is 31.7 Å². The Morgan fingerprint density at radius 3 is 2.04 bits per heavy atom. The first-order valence-electron chi connectivity index (χ1n) is 18.4. The van der Waals surface area contributed by atoms with E-state index in [4.69, 9.17) is 4.98 Å². The number of fused-ring (bicyclic) bond motifs is 2. The maximum Gasteiger partial charge on any atom is 0 e. The number of thiophene rings is 1. The van der Waals surface area contributed by atoms with Crippen LogP contribution in [0.1, 0.15) is 90.8 Å². The van der Waals surface area contributed by atoms with Gasteiger partial charge >= 0.3 is 178 Å². The van der Waals surface area contributed by atoms with Crippen molar-refractivity contribution in [1.29, 1.82) is 0 Å². The number of aryl methyl sites for hydroxylation is 2. The van der Waals surface area contributed by atoms with Crippen LogP contribution in [-0.2, 0) is 30.3 Å².